The van der Waals surface area contributed by atoms with Crippen molar-refractivity contribution in [3.05, 3.63) is 53.0 Å². The highest BCUT2D eigenvalue weighted by molar-refractivity contribution is 7.19. The van der Waals surface area contributed by atoms with Gasteiger partial charge < -0.3 is 10.1 Å². The van der Waals surface area contributed by atoms with Gasteiger partial charge in [0.25, 0.3) is 0 Å². The van der Waals surface area contributed by atoms with Crippen LogP contribution in [0.15, 0.2) is 48.1 Å². The van der Waals surface area contributed by atoms with Crippen LogP contribution in [0.4, 0.5) is 11.4 Å². The minimum Gasteiger partial charge on any atom is -0.379 e. The van der Waals surface area contributed by atoms with Gasteiger partial charge in [0, 0.05) is 35.3 Å². The summed E-state index contributed by atoms with van der Waals surface area (Å²) in [5.41, 5.74) is 6.46. The predicted molar refractivity (Wildman–Crippen MR) is 121 cm³/mol. The normalized spacial score (nSPS) is 22.2. The molecule has 1 fully saturated rings. The molecule has 5 heterocycles. The molecule has 0 unspecified atom stereocenters. The van der Waals surface area contributed by atoms with Crippen molar-refractivity contribution in [2.24, 2.45) is 0 Å². The topological polar surface area (TPSA) is 50.3 Å². The lowest BCUT2D eigenvalue weighted by Gasteiger charge is -2.33. The Labute approximate surface area is 176 Å². The van der Waals surface area contributed by atoms with E-state index in [1.807, 2.05) is 17.8 Å². The number of nitrogens with one attached hydrogen (secondary N) is 1. The van der Waals surface area contributed by atoms with Gasteiger partial charge >= 0.3 is 0 Å². The van der Waals surface area contributed by atoms with Crippen LogP contribution in [0.2, 0.25) is 0 Å². The molecule has 0 saturated carbocycles. The molecule has 0 bridgehead atoms. The molecule has 5 nitrogen and oxygen atoms in total. The summed E-state index contributed by atoms with van der Waals surface area (Å²) in [4.78, 5) is 13.9. The van der Waals surface area contributed by atoms with Crippen LogP contribution in [0, 0.1) is 0 Å². The summed E-state index contributed by atoms with van der Waals surface area (Å²) in [5.74, 6) is 0. The molecular formula is C22H20N4OS2. The van der Waals surface area contributed by atoms with E-state index in [0.717, 1.165) is 53.3 Å². The lowest BCUT2D eigenvalue weighted by Crippen LogP contribution is -2.43. The molecule has 7 heteroatoms. The van der Waals surface area contributed by atoms with E-state index in [9.17, 15) is 0 Å². The number of benzene rings is 1. The number of likely N-dealkylation sites (N-methyl/N-ethyl adjacent to an activating group) is 1. The summed E-state index contributed by atoms with van der Waals surface area (Å²) in [5, 5.41) is 4.74. The Morgan fingerprint density at radius 1 is 1.21 bits per heavy atom. The number of thiazole rings is 1. The SMILES string of the molecule is CN1CC=C(c2cc3c(Nc4ccc5scnc5c4)ccnc3s2)[C@]12CCOC2. The maximum Gasteiger partial charge on any atom is 0.125 e. The van der Waals surface area contributed by atoms with Crippen LogP contribution >= 0.6 is 22.7 Å². The number of pyridine rings is 1. The Morgan fingerprint density at radius 2 is 2.17 bits per heavy atom. The van der Waals surface area contributed by atoms with Crippen LogP contribution < -0.4 is 5.32 Å². The second-order valence-electron chi connectivity index (χ2n) is 7.68. The van der Waals surface area contributed by atoms with Crippen LogP contribution in [-0.2, 0) is 4.74 Å². The number of hydrogen-bond donors (Lipinski definition) is 1. The van der Waals surface area contributed by atoms with Gasteiger partial charge in [-0.25, -0.2) is 9.97 Å². The summed E-state index contributed by atoms with van der Waals surface area (Å²) < 4.78 is 7.00. The Bertz CT molecular complexity index is 1250. The van der Waals surface area contributed by atoms with Gasteiger partial charge in [0.05, 0.1) is 33.6 Å². The van der Waals surface area contributed by atoms with Gasteiger partial charge in [-0.1, -0.05) is 6.08 Å². The largest absolute Gasteiger partial charge is 0.379 e. The van der Waals surface area contributed by atoms with E-state index in [1.165, 1.54) is 15.2 Å². The van der Waals surface area contributed by atoms with E-state index in [0.29, 0.717) is 0 Å². The molecule has 0 radical (unpaired) electrons. The number of aromatic nitrogens is 2. The van der Waals surface area contributed by atoms with E-state index in [2.05, 4.69) is 57.6 Å². The van der Waals surface area contributed by atoms with Crippen LogP contribution in [0.25, 0.3) is 26.0 Å². The van der Waals surface area contributed by atoms with Crippen LogP contribution in [0.1, 0.15) is 11.3 Å². The fourth-order valence-electron chi connectivity index (χ4n) is 4.47. The number of nitrogens with zero attached hydrogens (tertiary/aromatic N) is 3. The molecule has 1 spiro atoms. The van der Waals surface area contributed by atoms with Crippen molar-refractivity contribution >= 4 is 60.1 Å². The lowest BCUT2D eigenvalue weighted by molar-refractivity contribution is 0.142. The highest BCUT2D eigenvalue weighted by Gasteiger charge is 2.45. The quantitative estimate of drug-likeness (QED) is 0.497. The third kappa shape index (κ3) is 2.73. The molecule has 2 aliphatic rings. The number of thiophene rings is 1. The zero-order chi connectivity index (χ0) is 19.4. The fourth-order valence-corrected chi connectivity index (χ4v) is 6.29. The van der Waals surface area contributed by atoms with E-state index in [-0.39, 0.29) is 5.54 Å². The molecule has 1 atom stereocenters. The molecule has 3 aromatic heterocycles. The number of rotatable bonds is 3. The highest BCUT2D eigenvalue weighted by atomic mass is 32.1. The van der Waals surface area contributed by atoms with Crippen molar-refractivity contribution in [3.63, 3.8) is 0 Å². The summed E-state index contributed by atoms with van der Waals surface area (Å²) in [6, 6.07) is 10.7. The zero-order valence-electron chi connectivity index (χ0n) is 16.0. The van der Waals surface area contributed by atoms with Crippen molar-refractivity contribution < 1.29 is 4.74 Å². The fraction of sp³-hybridized carbons (Fsp3) is 0.273. The lowest BCUT2D eigenvalue weighted by atomic mass is 9.89. The zero-order valence-corrected chi connectivity index (χ0v) is 17.6. The minimum absolute atomic E-state index is 0.0180. The third-order valence-electron chi connectivity index (χ3n) is 6.11. The molecule has 29 heavy (non-hydrogen) atoms. The smallest absolute Gasteiger partial charge is 0.125 e. The highest BCUT2D eigenvalue weighted by Crippen LogP contribution is 2.46. The Kier molecular flexibility index (Phi) is 3.99. The molecule has 0 aliphatic carbocycles. The summed E-state index contributed by atoms with van der Waals surface area (Å²) >= 11 is 3.44. The molecule has 0 amide bonds. The molecule has 6 rings (SSSR count). The van der Waals surface area contributed by atoms with Gasteiger partial charge in [0.1, 0.15) is 4.83 Å². The van der Waals surface area contributed by atoms with Gasteiger partial charge in [-0.2, -0.15) is 0 Å². The van der Waals surface area contributed by atoms with Gasteiger partial charge in [-0.3, -0.25) is 4.90 Å². The summed E-state index contributed by atoms with van der Waals surface area (Å²) in [6.45, 7) is 2.58. The van der Waals surface area contributed by atoms with Crippen molar-refractivity contribution in [1.29, 1.82) is 0 Å². The van der Waals surface area contributed by atoms with Crippen molar-refractivity contribution in [2.45, 2.75) is 12.0 Å². The Hall–Kier alpha value is -2.32. The molecule has 1 saturated heterocycles. The van der Waals surface area contributed by atoms with Crippen molar-refractivity contribution in [3.8, 4) is 0 Å². The van der Waals surface area contributed by atoms with E-state index in [4.69, 9.17) is 4.74 Å². The number of hydrogen-bond acceptors (Lipinski definition) is 7. The van der Waals surface area contributed by atoms with Gasteiger partial charge in [0.15, 0.2) is 0 Å². The second kappa shape index (κ2) is 6.60. The van der Waals surface area contributed by atoms with Crippen molar-refractivity contribution in [2.75, 3.05) is 32.1 Å². The van der Waals surface area contributed by atoms with E-state index < -0.39 is 0 Å². The number of fused-ring (bicyclic) bond motifs is 2. The van der Waals surface area contributed by atoms with Crippen LogP contribution in [0.5, 0.6) is 0 Å². The monoisotopic (exact) mass is 420 g/mol. The van der Waals surface area contributed by atoms with Gasteiger partial charge in [-0.15, -0.1) is 22.7 Å². The summed E-state index contributed by atoms with van der Waals surface area (Å²) in [6.07, 6.45) is 5.30. The first-order valence-electron chi connectivity index (χ1n) is 9.72. The molecule has 2 aliphatic heterocycles. The third-order valence-corrected chi connectivity index (χ3v) is 8.00. The molecule has 146 valence electrons. The maximum atomic E-state index is 5.80. The first-order valence-corrected chi connectivity index (χ1v) is 11.4. The first-order chi connectivity index (χ1) is 14.2. The first kappa shape index (κ1) is 17.5. The predicted octanol–water partition coefficient (Wildman–Crippen LogP) is 5.14. The average molecular weight is 421 g/mol. The second-order valence-corrected chi connectivity index (χ2v) is 9.60. The summed E-state index contributed by atoms with van der Waals surface area (Å²) in [7, 11) is 2.20. The molecule has 1 N–H and O–H groups in total. The van der Waals surface area contributed by atoms with Crippen LogP contribution in [0.3, 0.4) is 0 Å². The van der Waals surface area contributed by atoms with Gasteiger partial charge in [-0.05, 0) is 49.4 Å². The maximum absolute atomic E-state index is 5.80. The van der Waals surface area contributed by atoms with E-state index in [1.54, 1.807) is 22.7 Å². The number of anilines is 2. The van der Waals surface area contributed by atoms with Gasteiger partial charge in [0.2, 0.25) is 0 Å². The average Bonchev–Trinajstić information content (AvgIpc) is 3.50. The minimum atomic E-state index is 0.0180. The molecule has 4 aromatic rings. The van der Waals surface area contributed by atoms with E-state index >= 15 is 0 Å². The standard InChI is InChI=1S/C22H20N4OS2/c1-26-8-5-16(22(26)6-9-27-12-22)20-11-15-17(4-7-23-21(15)29-20)25-14-2-3-19-18(10-14)24-13-28-19/h2-5,7,10-11,13H,6,8-9,12H2,1H3,(H,23,25)/t22-/m1/s1. The van der Waals surface area contributed by atoms with Crippen LogP contribution in [-0.4, -0.2) is 47.2 Å². The molecule has 1 aromatic carbocycles. The number of ether oxygens (including phenoxy) is 1. The Morgan fingerprint density at radius 3 is 3.07 bits per heavy atom. The Balaban J connectivity index is 1.39. The van der Waals surface area contributed by atoms with Crippen molar-refractivity contribution in [1.82, 2.24) is 14.9 Å². The molecular weight excluding hydrogens is 400 g/mol.